The fraction of sp³-hybridized carbons (Fsp3) is 0.270. The van der Waals surface area contributed by atoms with Crippen LogP contribution in [0.3, 0.4) is 0 Å². The third-order valence-corrected chi connectivity index (χ3v) is 9.53. The van der Waals surface area contributed by atoms with Crippen molar-refractivity contribution in [3.05, 3.63) is 132 Å². The highest BCUT2D eigenvalue weighted by Gasteiger charge is 2.39. The van der Waals surface area contributed by atoms with E-state index in [4.69, 9.17) is 0 Å². The molecule has 0 saturated carbocycles. The molecule has 0 bridgehead atoms. The van der Waals surface area contributed by atoms with E-state index in [2.05, 4.69) is 0 Å². The van der Waals surface area contributed by atoms with Crippen LogP contribution in [0.5, 0.6) is 0 Å². The summed E-state index contributed by atoms with van der Waals surface area (Å²) in [4.78, 5) is 42.3. The molecular weight excluding hydrogens is 539 g/mol. The Kier molecular flexibility index (Phi) is 8.62. The Morgan fingerprint density at radius 3 is 1.24 bits per heavy atom. The van der Waals surface area contributed by atoms with Crippen molar-refractivity contribution in [2.75, 3.05) is 0 Å². The van der Waals surface area contributed by atoms with Crippen LogP contribution in [0.1, 0.15) is 97.8 Å². The van der Waals surface area contributed by atoms with Crippen molar-refractivity contribution in [1.29, 1.82) is 0 Å². The maximum Gasteiger partial charge on any atom is 0.458 e. The van der Waals surface area contributed by atoms with E-state index in [1.165, 1.54) is 0 Å². The molecule has 5 heteroatoms. The number of hydrogen-bond donors (Lipinski definition) is 0. The maximum atomic E-state index is 14.4. The standard InChI is InChI=1S/C37H38O4P/c1-19-13-22(4)31(23(5)14-19)35(38)29-11-12-30(42(41)37(40)33-26(8)17-21(3)18-27(33)9)28(10)34(29)36(39)32-24(6)15-20(2)16-25(32)7/h11-18H,1-10H3/q+1. The van der Waals surface area contributed by atoms with Crippen molar-refractivity contribution in [2.45, 2.75) is 69.2 Å². The normalized spacial score (nSPS) is 11.4. The van der Waals surface area contributed by atoms with Gasteiger partial charge in [0.15, 0.2) is 11.6 Å². The van der Waals surface area contributed by atoms with Gasteiger partial charge < -0.3 is 0 Å². The highest BCUT2D eigenvalue weighted by atomic mass is 31.1. The number of rotatable bonds is 7. The number of carbonyl (C=O) groups excluding carboxylic acids is 3. The van der Waals surface area contributed by atoms with E-state index in [1.807, 2.05) is 98.7 Å². The van der Waals surface area contributed by atoms with E-state index in [0.29, 0.717) is 22.3 Å². The van der Waals surface area contributed by atoms with Crippen LogP contribution in [0.15, 0.2) is 48.5 Å². The summed E-state index contributed by atoms with van der Waals surface area (Å²) in [6.45, 7) is 18.9. The van der Waals surface area contributed by atoms with E-state index >= 15 is 0 Å². The smallest absolute Gasteiger partial charge is 0.289 e. The number of hydrogen-bond acceptors (Lipinski definition) is 4. The molecule has 0 aromatic heterocycles. The minimum Gasteiger partial charge on any atom is -0.289 e. The van der Waals surface area contributed by atoms with Crippen molar-refractivity contribution < 1.29 is 18.9 Å². The summed E-state index contributed by atoms with van der Waals surface area (Å²) in [5.74, 6) is -0.578. The predicted octanol–water partition coefficient (Wildman–Crippen LogP) is 8.53. The lowest BCUT2D eigenvalue weighted by Crippen LogP contribution is -2.21. The molecule has 0 aliphatic rings. The van der Waals surface area contributed by atoms with Crippen molar-refractivity contribution in [1.82, 2.24) is 0 Å². The van der Waals surface area contributed by atoms with Crippen LogP contribution in [0, 0.1) is 69.2 Å². The fourth-order valence-corrected chi connectivity index (χ4v) is 7.87. The van der Waals surface area contributed by atoms with Crippen LogP contribution in [0.25, 0.3) is 0 Å². The Labute approximate surface area is 250 Å². The zero-order valence-electron chi connectivity index (χ0n) is 26.2. The minimum atomic E-state index is -2.56. The van der Waals surface area contributed by atoms with E-state index in [0.717, 1.165) is 50.1 Å². The molecule has 4 rings (SSSR count). The number of carbonyl (C=O) groups is 3. The first-order chi connectivity index (χ1) is 19.6. The highest BCUT2D eigenvalue weighted by molar-refractivity contribution is 7.71. The van der Waals surface area contributed by atoms with Gasteiger partial charge in [-0.3, -0.25) is 9.59 Å². The van der Waals surface area contributed by atoms with Gasteiger partial charge >= 0.3 is 13.3 Å². The molecule has 0 heterocycles. The number of aryl methyl sites for hydroxylation is 9. The minimum absolute atomic E-state index is 0.195. The molecule has 0 aliphatic heterocycles. The number of ketones is 2. The molecule has 4 aromatic carbocycles. The monoisotopic (exact) mass is 577 g/mol. The van der Waals surface area contributed by atoms with Gasteiger partial charge in [-0.15, -0.1) is 0 Å². The van der Waals surface area contributed by atoms with Crippen molar-refractivity contribution in [3.8, 4) is 0 Å². The lowest BCUT2D eigenvalue weighted by atomic mass is 9.85. The van der Waals surface area contributed by atoms with Crippen LogP contribution < -0.4 is 5.30 Å². The summed E-state index contributed by atoms with van der Waals surface area (Å²) >= 11 is 0. The Morgan fingerprint density at radius 1 is 0.476 bits per heavy atom. The molecule has 0 amide bonds. The van der Waals surface area contributed by atoms with Gasteiger partial charge in [0.05, 0.1) is 5.56 Å². The maximum absolute atomic E-state index is 14.4. The van der Waals surface area contributed by atoms with Gasteiger partial charge in [0.25, 0.3) is 0 Å². The molecule has 42 heavy (non-hydrogen) atoms. The molecular formula is C37H38O4P+. The second-order valence-electron chi connectivity index (χ2n) is 11.7. The zero-order chi connectivity index (χ0) is 31.2. The van der Waals surface area contributed by atoms with E-state index in [1.54, 1.807) is 19.1 Å². The quantitative estimate of drug-likeness (QED) is 0.163. The molecule has 0 saturated heterocycles. The average molecular weight is 578 g/mol. The first kappa shape index (κ1) is 30.9. The molecule has 1 unspecified atom stereocenters. The van der Waals surface area contributed by atoms with Gasteiger partial charge in [-0.25, -0.2) is 4.79 Å². The van der Waals surface area contributed by atoms with Gasteiger partial charge in [-0.1, -0.05) is 57.7 Å². The van der Waals surface area contributed by atoms with E-state index < -0.39 is 13.3 Å². The molecule has 1 atom stereocenters. The van der Waals surface area contributed by atoms with Gasteiger partial charge in [-0.2, -0.15) is 0 Å². The summed E-state index contributed by atoms with van der Waals surface area (Å²) in [6, 6.07) is 14.8. The topological polar surface area (TPSA) is 68.3 Å². The van der Waals surface area contributed by atoms with Crippen molar-refractivity contribution >= 4 is 30.2 Å². The summed E-state index contributed by atoms with van der Waals surface area (Å²) < 4.78 is 13.9. The molecule has 214 valence electrons. The van der Waals surface area contributed by atoms with Crippen LogP contribution in [0.2, 0.25) is 0 Å². The fourth-order valence-electron chi connectivity index (χ4n) is 6.47. The third kappa shape index (κ3) is 5.56. The molecule has 0 radical (unpaired) electrons. The summed E-state index contributed by atoms with van der Waals surface area (Å²) in [6.07, 6.45) is 0. The predicted molar refractivity (Wildman–Crippen MR) is 172 cm³/mol. The van der Waals surface area contributed by atoms with Crippen molar-refractivity contribution in [3.63, 3.8) is 0 Å². The second kappa shape index (κ2) is 11.7. The molecule has 0 fully saturated rings. The van der Waals surface area contributed by atoms with Crippen molar-refractivity contribution in [2.24, 2.45) is 0 Å². The Bertz CT molecular complexity index is 1770. The highest BCUT2D eigenvalue weighted by Crippen LogP contribution is 2.35. The third-order valence-electron chi connectivity index (χ3n) is 8.01. The average Bonchev–Trinajstić information content (AvgIpc) is 2.86. The van der Waals surface area contributed by atoms with Crippen LogP contribution in [-0.2, 0) is 4.57 Å². The van der Waals surface area contributed by atoms with Gasteiger partial charge in [0.1, 0.15) is 0 Å². The molecule has 4 nitrogen and oxygen atoms in total. The van der Waals surface area contributed by atoms with Crippen LogP contribution in [0.4, 0.5) is 0 Å². The Morgan fingerprint density at radius 2 is 0.833 bits per heavy atom. The molecule has 0 N–H and O–H groups in total. The van der Waals surface area contributed by atoms with Crippen LogP contribution in [-0.4, -0.2) is 17.1 Å². The lowest BCUT2D eigenvalue weighted by molar-refractivity contribution is 0.100. The summed E-state index contributed by atoms with van der Waals surface area (Å²) in [5, 5.41) is 0.272. The second-order valence-corrected chi connectivity index (χ2v) is 13.2. The van der Waals surface area contributed by atoms with Crippen LogP contribution >= 0.6 is 7.80 Å². The van der Waals surface area contributed by atoms with E-state index in [-0.39, 0.29) is 28.0 Å². The molecule has 0 aliphatic carbocycles. The lowest BCUT2D eigenvalue weighted by Gasteiger charge is -2.17. The summed E-state index contributed by atoms with van der Waals surface area (Å²) in [5.41, 5.74) is 9.73. The van der Waals surface area contributed by atoms with Gasteiger partial charge in [-0.05, 0) is 115 Å². The molecule has 0 spiro atoms. The molecule has 4 aromatic rings. The number of benzene rings is 4. The van der Waals surface area contributed by atoms with Gasteiger partial charge in [0.2, 0.25) is 5.30 Å². The zero-order valence-corrected chi connectivity index (χ0v) is 27.1. The Balaban J connectivity index is 1.98. The largest absolute Gasteiger partial charge is 0.458 e. The van der Waals surface area contributed by atoms with Gasteiger partial charge in [0, 0.05) is 27.8 Å². The SMILES string of the molecule is Cc1cc(C)c(C(=O)c2ccc([P+](=O)C(=O)c3c(C)cc(C)cc3C)c(C)c2C(=O)c2c(C)cc(C)cc2C)c(C)c1. The Hall–Kier alpha value is -4.01. The first-order valence-electron chi connectivity index (χ1n) is 14.1. The first-order valence-corrected chi connectivity index (χ1v) is 15.4. The summed E-state index contributed by atoms with van der Waals surface area (Å²) in [7, 11) is -2.56. The van der Waals surface area contributed by atoms with E-state index in [9.17, 15) is 18.9 Å².